The first kappa shape index (κ1) is 45.1. The summed E-state index contributed by atoms with van der Waals surface area (Å²) >= 11 is 8.81. The smallest absolute Gasteiger partial charge is 0.257 e. The van der Waals surface area contributed by atoms with E-state index in [1.165, 1.54) is 0 Å². The van der Waals surface area contributed by atoms with E-state index in [-0.39, 0.29) is 64.8 Å². The largest absolute Gasteiger partial charge is 0.438 e. The zero-order valence-corrected chi connectivity index (χ0v) is 35.8. The normalized spacial score (nSPS) is 21.2. The number of nitrogens with one attached hydrogen (secondary N) is 4. The summed E-state index contributed by atoms with van der Waals surface area (Å²) in [5, 5.41) is 9.04. The van der Waals surface area contributed by atoms with Crippen LogP contribution in [0.25, 0.3) is 0 Å². The molecule has 3 heterocycles. The molecule has 320 valence electrons. The van der Waals surface area contributed by atoms with Crippen LogP contribution >= 0.6 is 35.3 Å². The number of hydrogen-bond acceptors (Lipinski definition) is 11. The molecule has 7 rings (SSSR count). The van der Waals surface area contributed by atoms with Crippen LogP contribution in [0, 0.1) is 17.6 Å². The fourth-order valence-electron chi connectivity index (χ4n) is 7.21. The van der Waals surface area contributed by atoms with Gasteiger partial charge in [0.2, 0.25) is 17.7 Å². The fourth-order valence-corrected chi connectivity index (χ4v) is 8.33. The average molecular weight is 883 g/mol. The van der Waals surface area contributed by atoms with Crippen molar-refractivity contribution in [3.8, 4) is 23.3 Å². The van der Waals surface area contributed by atoms with Gasteiger partial charge in [0.15, 0.2) is 0 Å². The molecule has 17 heteroatoms. The van der Waals surface area contributed by atoms with Crippen molar-refractivity contribution in [1.82, 2.24) is 30.8 Å². The van der Waals surface area contributed by atoms with Crippen molar-refractivity contribution in [3.63, 3.8) is 0 Å². The summed E-state index contributed by atoms with van der Waals surface area (Å²) in [6.45, 7) is 1.13. The Morgan fingerprint density at radius 1 is 0.667 bits per heavy atom. The second kappa shape index (κ2) is 22.4. The number of thioether (sulfide) groups is 2. The molecular formula is C43H49ClF2N6O6S2. The summed E-state index contributed by atoms with van der Waals surface area (Å²) in [6, 6.07) is 17.4. The molecule has 1 atom stereocenters. The summed E-state index contributed by atoms with van der Waals surface area (Å²) in [5.74, 6) is -0.782. The molecule has 3 aliphatic rings. The van der Waals surface area contributed by atoms with Gasteiger partial charge < -0.3 is 30.2 Å². The molecule has 0 spiro atoms. The first-order valence-electron chi connectivity index (χ1n) is 19.9. The van der Waals surface area contributed by atoms with Crippen LogP contribution < -0.4 is 30.3 Å². The Morgan fingerprint density at radius 3 is 1.53 bits per heavy atom. The zero-order valence-electron chi connectivity index (χ0n) is 33.4. The molecule has 4 aromatic rings. The molecule has 2 saturated carbocycles. The summed E-state index contributed by atoms with van der Waals surface area (Å²) in [6.07, 6.45) is 13.1. The minimum absolute atomic E-state index is 0.0229. The van der Waals surface area contributed by atoms with Gasteiger partial charge in [-0.05, 0) is 131 Å². The molecule has 4 N–H and O–H groups in total. The third-order valence-corrected chi connectivity index (χ3v) is 12.3. The Hall–Kier alpha value is -4.48. The van der Waals surface area contributed by atoms with E-state index >= 15 is 0 Å². The number of ether oxygens (including phenoxy) is 3. The lowest BCUT2D eigenvalue weighted by atomic mass is 9.90. The molecular weight excluding hydrogens is 834 g/mol. The maximum absolute atomic E-state index is 13.9. The van der Waals surface area contributed by atoms with Crippen LogP contribution in [0.5, 0.6) is 23.3 Å². The van der Waals surface area contributed by atoms with Gasteiger partial charge in [0, 0.05) is 40.6 Å². The number of hydrogen-bond donors (Lipinski definition) is 4. The molecule has 3 fully saturated rings. The third-order valence-electron chi connectivity index (χ3n) is 10.6. The number of nitrogens with zero attached hydrogens (tertiary/aromatic N) is 2. The highest BCUT2D eigenvalue weighted by Gasteiger charge is 2.29. The molecule has 2 aromatic heterocycles. The van der Waals surface area contributed by atoms with E-state index in [1.807, 2.05) is 48.9 Å². The Labute approximate surface area is 362 Å². The molecule has 0 radical (unpaired) electrons. The van der Waals surface area contributed by atoms with Crippen molar-refractivity contribution >= 4 is 53.0 Å². The van der Waals surface area contributed by atoms with Gasteiger partial charge >= 0.3 is 0 Å². The number of amides is 3. The van der Waals surface area contributed by atoms with Crippen molar-refractivity contribution in [2.75, 3.05) is 25.7 Å². The number of halogens is 3. The first-order valence-corrected chi connectivity index (χ1v) is 22.7. The van der Waals surface area contributed by atoms with Crippen LogP contribution in [-0.2, 0) is 9.53 Å². The molecule has 60 heavy (non-hydrogen) atoms. The number of carbonyl (C=O) groups is 3. The maximum Gasteiger partial charge on any atom is 0.257 e. The van der Waals surface area contributed by atoms with E-state index in [4.69, 9.17) is 26.0 Å². The molecule has 2 aliphatic carbocycles. The van der Waals surface area contributed by atoms with E-state index in [0.717, 1.165) is 92.1 Å². The number of pyridine rings is 2. The number of aromatic nitrogens is 2. The predicted octanol–water partition coefficient (Wildman–Crippen LogP) is 8.45. The van der Waals surface area contributed by atoms with Gasteiger partial charge in [0.05, 0.1) is 24.9 Å². The van der Waals surface area contributed by atoms with E-state index in [9.17, 15) is 23.2 Å². The van der Waals surface area contributed by atoms with Gasteiger partial charge in [0.1, 0.15) is 34.3 Å². The molecule has 1 unspecified atom stereocenters. The van der Waals surface area contributed by atoms with Gasteiger partial charge in [0.25, 0.3) is 11.8 Å². The number of carbonyl (C=O) groups excluding carboxylic acids is 3. The fraction of sp³-hybridized carbons (Fsp3) is 0.419. The minimum Gasteiger partial charge on any atom is -0.438 e. The lowest BCUT2D eigenvalue weighted by Gasteiger charge is -2.30. The molecule has 12 nitrogen and oxygen atoms in total. The minimum atomic E-state index is -0.604. The van der Waals surface area contributed by atoms with Gasteiger partial charge in [-0.1, -0.05) is 12.1 Å². The SMILES string of the molecule is CSc1cccc(Oc2ncc(F)cc2C(=O)NC2CCC(NC(=O)C3CCOC3)CC2)c1.CSc1cccc(Oc2ncc(F)cc2C(=O)NC2CCC(NCl)CC2)c1. The van der Waals surface area contributed by atoms with Crippen molar-refractivity contribution in [3.05, 3.63) is 95.8 Å². The lowest BCUT2D eigenvalue weighted by molar-refractivity contribution is -0.125. The monoisotopic (exact) mass is 882 g/mol. The second-order valence-corrected chi connectivity index (χ2v) is 16.8. The highest BCUT2D eigenvalue weighted by atomic mass is 35.5. The van der Waals surface area contributed by atoms with Gasteiger partial charge in [-0.3, -0.25) is 14.4 Å². The summed E-state index contributed by atoms with van der Waals surface area (Å²) in [4.78, 5) is 50.7. The average Bonchev–Trinajstić information content (AvgIpc) is 3.82. The topological polar surface area (TPSA) is 153 Å². The Morgan fingerprint density at radius 2 is 1.12 bits per heavy atom. The highest BCUT2D eigenvalue weighted by molar-refractivity contribution is 7.98. The first-order chi connectivity index (χ1) is 29.1. The van der Waals surface area contributed by atoms with E-state index in [0.29, 0.717) is 24.7 Å². The quantitative estimate of drug-likeness (QED) is 0.0756. The predicted molar refractivity (Wildman–Crippen MR) is 228 cm³/mol. The second-order valence-electron chi connectivity index (χ2n) is 14.8. The number of rotatable bonds is 13. The molecule has 0 bridgehead atoms. The molecule has 1 saturated heterocycles. The van der Waals surface area contributed by atoms with E-state index < -0.39 is 17.5 Å². The maximum atomic E-state index is 13.9. The summed E-state index contributed by atoms with van der Waals surface area (Å²) in [7, 11) is 0. The van der Waals surface area contributed by atoms with Crippen molar-refractivity contribution in [1.29, 1.82) is 0 Å². The van der Waals surface area contributed by atoms with Crippen molar-refractivity contribution in [2.45, 2.75) is 91.7 Å². The van der Waals surface area contributed by atoms with Gasteiger partial charge in [-0.25, -0.2) is 23.6 Å². The third kappa shape index (κ3) is 13.0. The number of benzene rings is 2. The van der Waals surface area contributed by atoms with Gasteiger partial charge in [-0.2, -0.15) is 0 Å². The van der Waals surface area contributed by atoms with Crippen LogP contribution in [0.2, 0.25) is 0 Å². The lowest BCUT2D eigenvalue weighted by Crippen LogP contribution is -2.45. The van der Waals surface area contributed by atoms with Crippen molar-refractivity contribution in [2.24, 2.45) is 5.92 Å². The standard InChI is InChI=1S/C24H28FN3O4S.C19H21ClFN3O2S/c1-33-20-4-2-3-19(12-20)32-24-21(11-16(25)13-26-24)23(30)28-18-7-5-17(6-8-18)27-22(29)15-9-10-31-14-15;1-27-16-4-2-3-15(10-16)26-19-17(9-12(21)11-22-19)18(25)23-13-5-7-14(24-20)8-6-13/h2-4,11-13,15,17-18H,5-10,14H2,1H3,(H,27,29)(H,28,30);2-4,9-11,13-14,24H,5-8H2,1H3,(H,23,25). The van der Waals surface area contributed by atoms with Crippen LogP contribution in [-0.4, -0.2) is 77.6 Å². The Kier molecular flexibility index (Phi) is 16.8. The van der Waals surface area contributed by atoms with Crippen LogP contribution in [0.4, 0.5) is 8.78 Å². The summed E-state index contributed by atoms with van der Waals surface area (Å²) < 4.78 is 44.5. The Balaban J connectivity index is 0.000000205. The molecule has 1 aliphatic heterocycles. The van der Waals surface area contributed by atoms with E-state index in [1.54, 1.807) is 35.7 Å². The summed E-state index contributed by atoms with van der Waals surface area (Å²) in [5.41, 5.74) is 0.142. The van der Waals surface area contributed by atoms with Crippen LogP contribution in [0.1, 0.15) is 78.5 Å². The highest BCUT2D eigenvalue weighted by Crippen LogP contribution is 2.30. The van der Waals surface area contributed by atoms with Gasteiger partial charge in [-0.15, -0.1) is 23.5 Å². The molecule has 2 aromatic carbocycles. The van der Waals surface area contributed by atoms with E-state index in [2.05, 4.69) is 30.8 Å². The zero-order chi connectivity index (χ0) is 42.4. The molecule has 3 amide bonds. The Bertz CT molecular complexity index is 2080. The van der Waals surface area contributed by atoms with Crippen LogP contribution in [0.3, 0.4) is 0 Å². The van der Waals surface area contributed by atoms with Crippen molar-refractivity contribution < 1.29 is 37.4 Å². The van der Waals surface area contributed by atoms with Crippen LogP contribution in [0.15, 0.2) is 82.8 Å².